The molecule has 216 valence electrons. The van der Waals surface area contributed by atoms with Crippen LogP contribution in [0.2, 0.25) is 0 Å². The van der Waals surface area contributed by atoms with E-state index in [0.29, 0.717) is 25.1 Å². The summed E-state index contributed by atoms with van der Waals surface area (Å²) in [6.07, 6.45) is 6.16. The Hall–Kier alpha value is -4.31. The molecular formula is C30H35N5O6. The first-order chi connectivity index (χ1) is 19.8. The number of fused-ring (bicyclic) bond motifs is 2. The molecule has 0 spiro atoms. The van der Waals surface area contributed by atoms with E-state index in [9.17, 15) is 19.8 Å². The average Bonchev–Trinajstić information content (AvgIpc) is 3.28. The van der Waals surface area contributed by atoms with Crippen molar-refractivity contribution in [3.8, 4) is 0 Å². The van der Waals surface area contributed by atoms with Crippen LogP contribution in [0.4, 0.5) is 15.3 Å². The topological polar surface area (TPSA) is 166 Å². The van der Waals surface area contributed by atoms with Crippen molar-refractivity contribution >= 4 is 23.4 Å². The van der Waals surface area contributed by atoms with Gasteiger partial charge in [-0.2, -0.15) is 0 Å². The van der Waals surface area contributed by atoms with Crippen LogP contribution in [0.5, 0.6) is 0 Å². The van der Waals surface area contributed by atoms with E-state index in [4.69, 9.17) is 15.0 Å². The number of hydrogen-bond donors (Lipinski definition) is 4. The number of benzene rings is 2. The summed E-state index contributed by atoms with van der Waals surface area (Å²) in [5.41, 5.74) is 14.4. The van der Waals surface area contributed by atoms with Crippen molar-refractivity contribution in [3.63, 3.8) is 0 Å². The van der Waals surface area contributed by atoms with Gasteiger partial charge in [-0.05, 0) is 66.8 Å². The van der Waals surface area contributed by atoms with Crippen molar-refractivity contribution in [1.82, 2.24) is 10.6 Å². The van der Waals surface area contributed by atoms with E-state index in [-0.39, 0.29) is 25.6 Å². The van der Waals surface area contributed by atoms with E-state index in [1.807, 2.05) is 12.1 Å². The molecule has 41 heavy (non-hydrogen) atoms. The van der Waals surface area contributed by atoms with Crippen molar-refractivity contribution < 1.29 is 29.3 Å². The maximum absolute atomic E-state index is 12.7. The molecule has 4 N–H and O–H groups in total. The lowest BCUT2D eigenvalue weighted by Gasteiger charge is -2.29. The molecule has 0 bridgehead atoms. The van der Waals surface area contributed by atoms with Crippen LogP contribution in [0.3, 0.4) is 0 Å². The lowest BCUT2D eigenvalue weighted by molar-refractivity contribution is -0.168. The van der Waals surface area contributed by atoms with Gasteiger partial charge in [0, 0.05) is 23.1 Å². The molecule has 0 radical (unpaired) electrons. The lowest BCUT2D eigenvalue weighted by atomic mass is 9.91. The second-order valence-corrected chi connectivity index (χ2v) is 10.3. The highest BCUT2D eigenvalue weighted by Crippen LogP contribution is 2.46. The average molecular weight is 562 g/mol. The molecule has 2 amide bonds. The SMILES string of the molecule is CC(O)(O)[C@H](CCCCNC(=O)OCc1ccc(N=[N+]=[N-])cc1)NC(=O)OCC1C2=C(C=CCC2)c2ccccc21. The van der Waals surface area contributed by atoms with Crippen LogP contribution in [0.15, 0.2) is 71.4 Å². The number of azide groups is 1. The van der Waals surface area contributed by atoms with Crippen LogP contribution in [-0.2, 0) is 16.1 Å². The van der Waals surface area contributed by atoms with Gasteiger partial charge in [0.2, 0.25) is 0 Å². The molecule has 4 rings (SSSR count). The number of carbonyl (C=O) groups is 2. The largest absolute Gasteiger partial charge is 0.449 e. The number of nitrogens with one attached hydrogen (secondary N) is 2. The molecule has 2 aliphatic carbocycles. The van der Waals surface area contributed by atoms with Gasteiger partial charge in [-0.3, -0.25) is 0 Å². The summed E-state index contributed by atoms with van der Waals surface area (Å²) in [6, 6.07) is 13.8. The Bertz CT molecular complexity index is 1340. The van der Waals surface area contributed by atoms with Crippen LogP contribution < -0.4 is 10.6 Å². The van der Waals surface area contributed by atoms with E-state index < -0.39 is 24.0 Å². The molecule has 0 saturated carbocycles. The number of hydrogen-bond acceptors (Lipinski definition) is 7. The minimum absolute atomic E-state index is 0.0205. The fourth-order valence-corrected chi connectivity index (χ4v) is 5.13. The van der Waals surface area contributed by atoms with Gasteiger partial charge in [0.05, 0.1) is 6.04 Å². The molecular weight excluding hydrogens is 526 g/mol. The Balaban J connectivity index is 1.18. The van der Waals surface area contributed by atoms with Gasteiger partial charge in [0.1, 0.15) is 13.2 Å². The quantitative estimate of drug-likeness (QED) is 0.0850. The number of amides is 2. The maximum atomic E-state index is 12.7. The standard InChI is InChI=1S/C30H35N5O6/c1-30(38,39)27(12-6-7-17-32-28(36)40-18-20-13-15-21(16-14-20)34-35-31)33-29(37)41-19-26-24-10-4-2-8-22(24)23-9-3-5-11-25(23)26/h2-4,8-10,13-16,26-27,38-39H,5-7,11-12,17-19H2,1H3,(H,32,36)(H,33,37)/t26?,27-/m0/s1. The first-order valence-corrected chi connectivity index (χ1v) is 13.7. The van der Waals surface area contributed by atoms with Crippen molar-refractivity contribution in [2.75, 3.05) is 13.2 Å². The summed E-state index contributed by atoms with van der Waals surface area (Å²) >= 11 is 0. The molecule has 11 heteroatoms. The second-order valence-electron chi connectivity index (χ2n) is 10.3. The number of ether oxygens (including phenoxy) is 2. The number of alkyl carbamates (subject to hydrolysis) is 2. The van der Waals surface area contributed by atoms with Gasteiger partial charge in [-0.1, -0.05) is 71.4 Å². The smallest absolute Gasteiger partial charge is 0.407 e. The van der Waals surface area contributed by atoms with Crippen LogP contribution >= 0.6 is 0 Å². The van der Waals surface area contributed by atoms with E-state index in [0.717, 1.165) is 24.0 Å². The van der Waals surface area contributed by atoms with Crippen LogP contribution in [0.25, 0.3) is 16.0 Å². The lowest BCUT2D eigenvalue weighted by Crippen LogP contribution is -2.51. The zero-order valence-electron chi connectivity index (χ0n) is 23.0. The summed E-state index contributed by atoms with van der Waals surface area (Å²) in [5.74, 6) is -2.17. The first-order valence-electron chi connectivity index (χ1n) is 13.7. The van der Waals surface area contributed by atoms with Gasteiger partial charge >= 0.3 is 12.2 Å². The number of aliphatic hydroxyl groups is 2. The molecule has 0 aliphatic heterocycles. The highest BCUT2D eigenvalue weighted by Gasteiger charge is 2.33. The third-order valence-electron chi connectivity index (χ3n) is 7.25. The number of rotatable bonds is 12. The molecule has 11 nitrogen and oxygen atoms in total. The number of nitrogens with zero attached hydrogens (tertiary/aromatic N) is 3. The summed E-state index contributed by atoms with van der Waals surface area (Å²) in [6.45, 7) is 1.75. The number of unbranched alkanes of at least 4 members (excludes halogenated alkanes) is 1. The molecule has 0 aromatic heterocycles. The fourth-order valence-electron chi connectivity index (χ4n) is 5.13. The highest BCUT2D eigenvalue weighted by atomic mass is 16.6. The Morgan fingerprint density at radius 1 is 1.12 bits per heavy atom. The highest BCUT2D eigenvalue weighted by molar-refractivity contribution is 5.85. The van der Waals surface area contributed by atoms with Crippen molar-refractivity contribution in [1.29, 1.82) is 0 Å². The minimum Gasteiger partial charge on any atom is -0.449 e. The Labute approximate surface area is 238 Å². The molecule has 2 atom stereocenters. The summed E-state index contributed by atoms with van der Waals surface area (Å²) in [5, 5.41) is 29.2. The molecule has 1 unspecified atom stereocenters. The van der Waals surface area contributed by atoms with Gasteiger partial charge in [-0.15, -0.1) is 0 Å². The zero-order chi connectivity index (χ0) is 29.2. The van der Waals surface area contributed by atoms with Crippen LogP contribution in [0.1, 0.15) is 61.6 Å². The molecule has 0 fully saturated rings. The van der Waals surface area contributed by atoms with Crippen LogP contribution in [0, 0.1) is 0 Å². The van der Waals surface area contributed by atoms with Crippen LogP contribution in [-0.4, -0.2) is 47.4 Å². The van der Waals surface area contributed by atoms with Crippen molar-refractivity contribution in [2.45, 2.75) is 63.4 Å². The Morgan fingerprint density at radius 3 is 2.66 bits per heavy atom. The van der Waals surface area contributed by atoms with E-state index in [2.05, 4.69) is 44.9 Å². The van der Waals surface area contributed by atoms with Crippen molar-refractivity contribution in [3.05, 3.63) is 93.4 Å². The predicted molar refractivity (Wildman–Crippen MR) is 153 cm³/mol. The molecule has 2 aliphatic rings. The summed E-state index contributed by atoms with van der Waals surface area (Å²) < 4.78 is 10.7. The van der Waals surface area contributed by atoms with Gasteiger partial charge in [0.25, 0.3) is 0 Å². The van der Waals surface area contributed by atoms with E-state index in [1.54, 1.807) is 24.3 Å². The first kappa shape index (κ1) is 29.7. The van der Waals surface area contributed by atoms with E-state index >= 15 is 0 Å². The fraction of sp³-hybridized carbons (Fsp3) is 0.400. The van der Waals surface area contributed by atoms with Gasteiger partial charge in [0.15, 0.2) is 5.79 Å². The third-order valence-corrected chi connectivity index (χ3v) is 7.25. The summed E-state index contributed by atoms with van der Waals surface area (Å²) in [4.78, 5) is 27.4. The normalized spacial score (nSPS) is 16.2. The molecule has 2 aromatic carbocycles. The Kier molecular flexibility index (Phi) is 10.0. The second kappa shape index (κ2) is 13.8. The van der Waals surface area contributed by atoms with Gasteiger partial charge < -0.3 is 30.3 Å². The molecule has 0 saturated heterocycles. The van der Waals surface area contributed by atoms with Crippen molar-refractivity contribution in [2.24, 2.45) is 5.11 Å². The Morgan fingerprint density at radius 2 is 1.90 bits per heavy atom. The van der Waals surface area contributed by atoms with Gasteiger partial charge in [-0.25, -0.2) is 9.59 Å². The predicted octanol–water partition coefficient (Wildman–Crippen LogP) is 5.72. The number of allylic oxidation sites excluding steroid dienone is 3. The minimum atomic E-state index is -2.15. The monoisotopic (exact) mass is 561 g/mol. The number of carbonyl (C=O) groups excluding carboxylic acids is 2. The maximum Gasteiger partial charge on any atom is 0.407 e. The molecule has 2 aromatic rings. The third kappa shape index (κ3) is 8.11. The zero-order valence-corrected chi connectivity index (χ0v) is 23.0. The summed E-state index contributed by atoms with van der Waals surface area (Å²) in [7, 11) is 0. The molecule has 0 heterocycles. The van der Waals surface area contributed by atoms with E-state index in [1.165, 1.54) is 23.6 Å².